The van der Waals surface area contributed by atoms with Crippen LogP contribution in [-0.2, 0) is 25.7 Å². The zero-order valence-electron chi connectivity index (χ0n) is 19.6. The van der Waals surface area contributed by atoms with Crippen molar-refractivity contribution in [1.82, 2.24) is 0 Å². The molecule has 0 fully saturated rings. The summed E-state index contributed by atoms with van der Waals surface area (Å²) < 4.78 is 29.4. The number of hydrogen-bond donors (Lipinski definition) is 0. The van der Waals surface area contributed by atoms with Crippen LogP contribution in [0.15, 0.2) is 60.7 Å². The monoisotopic (exact) mass is 434 g/mol. The standard InChI is InChI=1S/C30H36F2/c1-3-5-6-7-8-10-27-21-22-28(30(32)29(27)31)26-19-17-25(18-20-26)16-15-24-13-11-23(9-4-2)12-14-24/h11-14,17-22H,3-10,15-16H2,1-2H3. The first-order chi connectivity index (χ1) is 15.6. The molecule has 0 amide bonds. The number of halogens is 2. The summed E-state index contributed by atoms with van der Waals surface area (Å²) in [6, 6.07) is 20.2. The first-order valence-corrected chi connectivity index (χ1v) is 12.3. The molecule has 0 N–H and O–H groups in total. The van der Waals surface area contributed by atoms with Gasteiger partial charge in [0.05, 0.1) is 0 Å². The molecule has 32 heavy (non-hydrogen) atoms. The van der Waals surface area contributed by atoms with E-state index in [0.29, 0.717) is 17.5 Å². The van der Waals surface area contributed by atoms with E-state index in [-0.39, 0.29) is 0 Å². The Balaban J connectivity index is 1.59. The Labute approximate surface area is 192 Å². The lowest BCUT2D eigenvalue weighted by atomic mass is 9.97. The first-order valence-electron chi connectivity index (χ1n) is 12.3. The average molecular weight is 435 g/mol. The highest BCUT2D eigenvalue weighted by Crippen LogP contribution is 2.28. The molecule has 0 spiro atoms. The molecule has 0 saturated carbocycles. The molecule has 170 valence electrons. The molecule has 0 aliphatic carbocycles. The van der Waals surface area contributed by atoms with E-state index in [1.807, 2.05) is 24.3 Å². The van der Waals surface area contributed by atoms with E-state index in [9.17, 15) is 8.78 Å². The van der Waals surface area contributed by atoms with Gasteiger partial charge in [-0.05, 0) is 59.9 Å². The SMILES string of the molecule is CCCCCCCc1ccc(-c2ccc(CCc3ccc(CCC)cc3)cc2)c(F)c1F. The Hall–Kier alpha value is -2.48. The summed E-state index contributed by atoms with van der Waals surface area (Å²) in [6.07, 6.45) is 10.3. The van der Waals surface area contributed by atoms with Gasteiger partial charge in [-0.2, -0.15) is 0 Å². The van der Waals surface area contributed by atoms with Crippen molar-refractivity contribution in [2.75, 3.05) is 0 Å². The van der Waals surface area contributed by atoms with Crippen molar-refractivity contribution in [1.29, 1.82) is 0 Å². The van der Waals surface area contributed by atoms with E-state index in [1.165, 1.54) is 29.5 Å². The minimum Gasteiger partial charge on any atom is -0.203 e. The van der Waals surface area contributed by atoms with Gasteiger partial charge in [-0.1, -0.05) is 107 Å². The zero-order chi connectivity index (χ0) is 22.8. The van der Waals surface area contributed by atoms with Crippen LogP contribution in [0.5, 0.6) is 0 Å². The molecule has 2 heteroatoms. The number of aryl methyl sites for hydroxylation is 4. The molecule has 0 bridgehead atoms. The summed E-state index contributed by atoms with van der Waals surface area (Å²) in [6.45, 7) is 4.37. The maximum absolute atomic E-state index is 14.8. The van der Waals surface area contributed by atoms with Crippen LogP contribution in [0.4, 0.5) is 8.78 Å². The van der Waals surface area contributed by atoms with Gasteiger partial charge < -0.3 is 0 Å². The molecule has 0 aliphatic rings. The van der Waals surface area contributed by atoms with Crippen LogP contribution in [0.1, 0.15) is 74.6 Å². The molecule has 0 atom stereocenters. The smallest absolute Gasteiger partial charge is 0.166 e. The van der Waals surface area contributed by atoms with Gasteiger partial charge in [-0.15, -0.1) is 0 Å². The Kier molecular flexibility index (Phi) is 9.46. The summed E-state index contributed by atoms with van der Waals surface area (Å²) in [5.74, 6) is -1.41. The van der Waals surface area contributed by atoms with Gasteiger partial charge in [-0.3, -0.25) is 0 Å². The molecule has 3 aromatic carbocycles. The van der Waals surface area contributed by atoms with Crippen molar-refractivity contribution in [2.24, 2.45) is 0 Å². The summed E-state index contributed by atoms with van der Waals surface area (Å²) in [5.41, 5.74) is 5.48. The Morgan fingerprint density at radius 3 is 1.66 bits per heavy atom. The lowest BCUT2D eigenvalue weighted by Crippen LogP contribution is -1.98. The number of unbranched alkanes of at least 4 members (excludes halogenated alkanes) is 4. The number of rotatable bonds is 12. The van der Waals surface area contributed by atoms with Gasteiger partial charge in [0.1, 0.15) is 0 Å². The molecule has 0 radical (unpaired) electrons. The van der Waals surface area contributed by atoms with Crippen LogP contribution < -0.4 is 0 Å². The fraction of sp³-hybridized carbons (Fsp3) is 0.400. The minimum atomic E-state index is -0.726. The molecule has 0 saturated heterocycles. The Bertz CT molecular complexity index is 955. The predicted molar refractivity (Wildman–Crippen MR) is 132 cm³/mol. The largest absolute Gasteiger partial charge is 0.203 e. The Morgan fingerprint density at radius 2 is 1.06 bits per heavy atom. The minimum absolute atomic E-state index is 0.343. The molecule has 3 aromatic rings. The maximum atomic E-state index is 14.8. The van der Waals surface area contributed by atoms with Crippen LogP contribution in [0.3, 0.4) is 0 Å². The van der Waals surface area contributed by atoms with Gasteiger partial charge in [0.15, 0.2) is 11.6 Å². The normalized spacial score (nSPS) is 11.1. The predicted octanol–water partition coefficient (Wildman–Crippen LogP) is 8.88. The average Bonchev–Trinajstić information content (AvgIpc) is 2.82. The molecular formula is C30H36F2. The van der Waals surface area contributed by atoms with E-state index in [4.69, 9.17) is 0 Å². The summed E-state index contributed by atoms with van der Waals surface area (Å²) >= 11 is 0. The highest BCUT2D eigenvalue weighted by molar-refractivity contribution is 5.65. The summed E-state index contributed by atoms with van der Waals surface area (Å²) in [7, 11) is 0. The van der Waals surface area contributed by atoms with E-state index in [0.717, 1.165) is 50.5 Å². The molecule has 0 aromatic heterocycles. The van der Waals surface area contributed by atoms with Crippen molar-refractivity contribution in [2.45, 2.75) is 78.1 Å². The number of hydrogen-bond acceptors (Lipinski definition) is 0. The first kappa shape index (κ1) is 24.2. The molecule has 0 heterocycles. The number of benzene rings is 3. The second-order valence-corrected chi connectivity index (χ2v) is 8.83. The third-order valence-electron chi connectivity index (χ3n) is 6.24. The lowest BCUT2D eigenvalue weighted by Gasteiger charge is -2.10. The summed E-state index contributed by atoms with van der Waals surface area (Å²) in [4.78, 5) is 0. The highest BCUT2D eigenvalue weighted by Gasteiger charge is 2.14. The van der Waals surface area contributed by atoms with E-state index >= 15 is 0 Å². The highest BCUT2D eigenvalue weighted by atomic mass is 19.2. The quantitative estimate of drug-likeness (QED) is 0.250. The van der Waals surface area contributed by atoms with Gasteiger partial charge in [-0.25, -0.2) is 8.78 Å². The van der Waals surface area contributed by atoms with Gasteiger partial charge in [0.2, 0.25) is 0 Å². The molecule has 0 nitrogen and oxygen atoms in total. The topological polar surface area (TPSA) is 0 Å². The van der Waals surface area contributed by atoms with Crippen LogP contribution >= 0.6 is 0 Å². The maximum Gasteiger partial charge on any atom is 0.166 e. The van der Waals surface area contributed by atoms with Crippen molar-refractivity contribution in [3.05, 3.63) is 94.6 Å². The van der Waals surface area contributed by atoms with Gasteiger partial charge >= 0.3 is 0 Å². The van der Waals surface area contributed by atoms with E-state index < -0.39 is 11.6 Å². The van der Waals surface area contributed by atoms with Crippen LogP contribution in [0.2, 0.25) is 0 Å². The molecule has 0 unspecified atom stereocenters. The lowest BCUT2D eigenvalue weighted by molar-refractivity contribution is 0.497. The fourth-order valence-corrected chi connectivity index (χ4v) is 4.23. The zero-order valence-corrected chi connectivity index (χ0v) is 19.6. The van der Waals surface area contributed by atoms with Crippen molar-refractivity contribution >= 4 is 0 Å². The second kappa shape index (κ2) is 12.5. The van der Waals surface area contributed by atoms with Crippen LogP contribution in [-0.4, -0.2) is 0 Å². The summed E-state index contributed by atoms with van der Waals surface area (Å²) in [5, 5.41) is 0. The Morgan fingerprint density at radius 1 is 0.500 bits per heavy atom. The molecular weight excluding hydrogens is 398 g/mol. The molecule has 0 aliphatic heterocycles. The van der Waals surface area contributed by atoms with E-state index in [2.05, 4.69) is 38.1 Å². The van der Waals surface area contributed by atoms with Crippen LogP contribution in [0.25, 0.3) is 11.1 Å². The van der Waals surface area contributed by atoms with Crippen LogP contribution in [0, 0.1) is 11.6 Å². The van der Waals surface area contributed by atoms with Crippen molar-refractivity contribution in [3.63, 3.8) is 0 Å². The van der Waals surface area contributed by atoms with Gasteiger partial charge in [0, 0.05) is 5.56 Å². The fourth-order valence-electron chi connectivity index (χ4n) is 4.23. The van der Waals surface area contributed by atoms with Gasteiger partial charge in [0.25, 0.3) is 0 Å². The third kappa shape index (κ3) is 6.76. The second-order valence-electron chi connectivity index (χ2n) is 8.83. The van der Waals surface area contributed by atoms with Crippen molar-refractivity contribution < 1.29 is 8.78 Å². The van der Waals surface area contributed by atoms with E-state index in [1.54, 1.807) is 12.1 Å². The third-order valence-corrected chi connectivity index (χ3v) is 6.24. The molecule has 3 rings (SSSR count). The van der Waals surface area contributed by atoms with Crippen molar-refractivity contribution in [3.8, 4) is 11.1 Å².